The third-order valence-corrected chi connectivity index (χ3v) is 5.42. The molecule has 0 radical (unpaired) electrons. The van der Waals surface area contributed by atoms with E-state index >= 15 is 0 Å². The van der Waals surface area contributed by atoms with Crippen molar-refractivity contribution in [1.82, 2.24) is 10.2 Å². The lowest BCUT2D eigenvalue weighted by Crippen LogP contribution is -2.45. The highest BCUT2D eigenvalue weighted by atomic mass is 35.5. The Morgan fingerprint density at radius 1 is 1.29 bits per heavy atom. The minimum Gasteiger partial charge on any atom is -0.334 e. The highest BCUT2D eigenvalue weighted by Crippen LogP contribution is 2.31. The van der Waals surface area contributed by atoms with Crippen LogP contribution in [0.3, 0.4) is 0 Å². The van der Waals surface area contributed by atoms with Crippen molar-refractivity contribution in [3.8, 4) is 0 Å². The van der Waals surface area contributed by atoms with Crippen LogP contribution in [0.2, 0.25) is 10.0 Å². The van der Waals surface area contributed by atoms with E-state index in [4.69, 9.17) is 23.2 Å². The molecule has 0 bridgehead atoms. The molecule has 1 saturated heterocycles. The first kappa shape index (κ1) is 15.1. The fourth-order valence-corrected chi connectivity index (χ4v) is 3.46. The molecule has 114 valence electrons. The molecule has 0 spiro atoms. The smallest absolute Gasteiger partial charge is 0.255 e. The molecule has 2 fully saturated rings. The molecule has 21 heavy (non-hydrogen) atoms. The van der Waals surface area contributed by atoms with Gasteiger partial charge in [-0.15, -0.1) is 0 Å². The van der Waals surface area contributed by atoms with E-state index in [2.05, 4.69) is 5.32 Å². The molecule has 5 heteroatoms. The zero-order valence-corrected chi connectivity index (χ0v) is 13.5. The lowest BCUT2D eigenvalue weighted by molar-refractivity contribution is 0.0616. The number of hydrogen-bond acceptors (Lipinski definition) is 2. The predicted octanol–water partition coefficient (Wildman–Crippen LogP) is 3.60. The molecule has 2 aliphatic rings. The zero-order chi connectivity index (χ0) is 14.8. The molecule has 1 aliphatic heterocycles. The molecular formula is C16H20Cl2N2O. The highest BCUT2D eigenvalue weighted by molar-refractivity contribution is 6.43. The monoisotopic (exact) mass is 326 g/mol. The Balaban J connectivity index is 1.83. The summed E-state index contributed by atoms with van der Waals surface area (Å²) in [6, 6.07) is 5.55. The van der Waals surface area contributed by atoms with Crippen LogP contribution in [0.1, 0.15) is 36.0 Å². The van der Waals surface area contributed by atoms with Gasteiger partial charge in [-0.3, -0.25) is 4.79 Å². The second-order valence-electron chi connectivity index (χ2n) is 6.00. The number of halogens is 2. The minimum atomic E-state index is 0.0168. The Morgan fingerprint density at radius 2 is 2.10 bits per heavy atom. The number of nitrogens with one attached hydrogen (secondary N) is 1. The number of benzene rings is 1. The van der Waals surface area contributed by atoms with E-state index in [-0.39, 0.29) is 11.9 Å². The van der Waals surface area contributed by atoms with Gasteiger partial charge in [0.05, 0.1) is 15.6 Å². The third-order valence-electron chi connectivity index (χ3n) is 4.60. The summed E-state index contributed by atoms with van der Waals surface area (Å²) < 4.78 is 0. The Morgan fingerprint density at radius 3 is 2.71 bits per heavy atom. The summed E-state index contributed by atoms with van der Waals surface area (Å²) in [4.78, 5) is 15.0. The van der Waals surface area contributed by atoms with Crippen molar-refractivity contribution in [2.75, 3.05) is 19.6 Å². The van der Waals surface area contributed by atoms with Crippen LogP contribution >= 0.6 is 23.2 Å². The number of carbonyl (C=O) groups excluding carboxylic acids is 1. The molecule has 1 N–H and O–H groups in total. The topological polar surface area (TPSA) is 32.3 Å². The van der Waals surface area contributed by atoms with E-state index in [0.29, 0.717) is 21.5 Å². The van der Waals surface area contributed by atoms with E-state index in [1.54, 1.807) is 18.2 Å². The Bertz CT molecular complexity index is 525. The van der Waals surface area contributed by atoms with Crippen LogP contribution < -0.4 is 5.32 Å². The summed E-state index contributed by atoms with van der Waals surface area (Å²) in [5.74, 6) is 0.663. The maximum atomic E-state index is 12.9. The summed E-state index contributed by atoms with van der Waals surface area (Å²) in [6.45, 7) is 2.69. The van der Waals surface area contributed by atoms with Crippen molar-refractivity contribution in [3.63, 3.8) is 0 Å². The van der Waals surface area contributed by atoms with Gasteiger partial charge in [-0.1, -0.05) is 35.7 Å². The minimum absolute atomic E-state index is 0.0168. The first-order chi connectivity index (χ1) is 10.2. The van der Waals surface area contributed by atoms with Crippen molar-refractivity contribution in [2.45, 2.75) is 31.7 Å². The molecule has 1 aromatic rings. The van der Waals surface area contributed by atoms with Crippen LogP contribution in [0.15, 0.2) is 18.2 Å². The lowest BCUT2D eigenvalue weighted by Gasteiger charge is -2.36. The van der Waals surface area contributed by atoms with Crippen molar-refractivity contribution in [3.05, 3.63) is 33.8 Å². The predicted molar refractivity (Wildman–Crippen MR) is 86.1 cm³/mol. The van der Waals surface area contributed by atoms with Crippen LogP contribution in [0.5, 0.6) is 0 Å². The maximum absolute atomic E-state index is 12.9. The Hall–Kier alpha value is -0.770. The van der Waals surface area contributed by atoms with Crippen LogP contribution in [0, 0.1) is 5.92 Å². The van der Waals surface area contributed by atoms with Gasteiger partial charge in [-0.2, -0.15) is 0 Å². The molecular weight excluding hydrogens is 307 g/mol. The fraction of sp³-hybridized carbons (Fsp3) is 0.562. The highest BCUT2D eigenvalue weighted by Gasteiger charge is 2.32. The van der Waals surface area contributed by atoms with Crippen molar-refractivity contribution < 1.29 is 4.79 Å². The van der Waals surface area contributed by atoms with E-state index in [9.17, 15) is 4.79 Å². The van der Waals surface area contributed by atoms with Crippen LogP contribution in [-0.2, 0) is 0 Å². The molecule has 1 heterocycles. The zero-order valence-electron chi connectivity index (χ0n) is 11.9. The maximum Gasteiger partial charge on any atom is 0.255 e. The van der Waals surface area contributed by atoms with Gasteiger partial charge in [0.15, 0.2) is 0 Å². The van der Waals surface area contributed by atoms with Crippen LogP contribution in [0.25, 0.3) is 0 Å². The average molecular weight is 327 g/mol. The molecule has 3 rings (SSSR count). The second kappa shape index (κ2) is 6.55. The van der Waals surface area contributed by atoms with Gasteiger partial charge in [0.2, 0.25) is 0 Å². The van der Waals surface area contributed by atoms with Gasteiger partial charge in [0.1, 0.15) is 0 Å². The van der Waals surface area contributed by atoms with Crippen molar-refractivity contribution >= 4 is 29.1 Å². The standard InChI is InChI=1S/C16H20Cl2N2O/c17-14-6-2-5-13(15(14)18)16(21)20(10-11-3-1-4-11)12-7-8-19-9-12/h2,5-6,11-12,19H,1,3-4,7-10H2/t12-/m1/s1. The summed E-state index contributed by atoms with van der Waals surface area (Å²) in [5, 5.41) is 4.15. The molecule has 1 atom stereocenters. The van der Waals surface area contributed by atoms with Crippen molar-refractivity contribution in [1.29, 1.82) is 0 Å². The SMILES string of the molecule is O=C(c1cccc(Cl)c1Cl)N(CC1CCC1)[C@@H]1CCNC1. The Labute approximate surface area is 135 Å². The van der Waals surface area contributed by atoms with Gasteiger partial charge in [-0.25, -0.2) is 0 Å². The first-order valence-corrected chi connectivity index (χ1v) is 8.38. The van der Waals surface area contributed by atoms with Crippen LogP contribution in [-0.4, -0.2) is 36.5 Å². The molecule has 1 aromatic carbocycles. The van der Waals surface area contributed by atoms with Gasteiger partial charge in [0.25, 0.3) is 5.91 Å². The first-order valence-electron chi connectivity index (χ1n) is 7.62. The summed E-state index contributed by atoms with van der Waals surface area (Å²) >= 11 is 12.3. The molecule has 1 aliphatic carbocycles. The molecule has 0 unspecified atom stereocenters. The van der Waals surface area contributed by atoms with E-state index in [0.717, 1.165) is 26.1 Å². The van der Waals surface area contributed by atoms with E-state index in [1.165, 1.54) is 19.3 Å². The molecule has 0 aromatic heterocycles. The lowest BCUT2D eigenvalue weighted by atomic mass is 9.84. The summed E-state index contributed by atoms with van der Waals surface area (Å²) in [5.41, 5.74) is 0.524. The van der Waals surface area contributed by atoms with Crippen LogP contribution in [0.4, 0.5) is 0 Å². The average Bonchev–Trinajstić information content (AvgIpc) is 2.94. The quantitative estimate of drug-likeness (QED) is 0.916. The molecule has 3 nitrogen and oxygen atoms in total. The second-order valence-corrected chi connectivity index (χ2v) is 6.79. The fourth-order valence-electron chi connectivity index (χ4n) is 3.08. The number of hydrogen-bond donors (Lipinski definition) is 1. The normalized spacial score (nSPS) is 22.1. The van der Waals surface area contributed by atoms with Gasteiger partial charge < -0.3 is 10.2 Å². The Kier molecular flexibility index (Phi) is 4.72. The van der Waals surface area contributed by atoms with Crippen molar-refractivity contribution in [2.24, 2.45) is 5.92 Å². The molecule has 1 saturated carbocycles. The van der Waals surface area contributed by atoms with E-state index in [1.807, 2.05) is 4.90 Å². The number of rotatable bonds is 4. The summed E-state index contributed by atoms with van der Waals surface area (Å²) in [7, 11) is 0. The number of carbonyl (C=O) groups is 1. The van der Waals surface area contributed by atoms with E-state index < -0.39 is 0 Å². The summed E-state index contributed by atoms with van der Waals surface area (Å²) in [6.07, 6.45) is 4.75. The van der Waals surface area contributed by atoms with Gasteiger partial charge in [-0.05, 0) is 43.9 Å². The largest absolute Gasteiger partial charge is 0.334 e. The molecule has 1 amide bonds. The number of amides is 1. The third kappa shape index (κ3) is 3.20. The van der Waals surface area contributed by atoms with Gasteiger partial charge in [0, 0.05) is 19.1 Å². The van der Waals surface area contributed by atoms with Gasteiger partial charge >= 0.3 is 0 Å². The number of nitrogens with zero attached hydrogens (tertiary/aromatic N) is 1.